The number of rotatable bonds is 6. The third-order valence-electron chi connectivity index (χ3n) is 4.23. The lowest BCUT2D eigenvalue weighted by molar-refractivity contribution is -0.123. The maximum absolute atomic E-state index is 12.2. The van der Waals surface area contributed by atoms with Gasteiger partial charge >= 0.3 is 6.18 Å². The van der Waals surface area contributed by atoms with Crippen molar-refractivity contribution in [1.82, 2.24) is 20.4 Å². The first-order valence-electron chi connectivity index (χ1n) is 8.85. The third kappa shape index (κ3) is 6.05. The van der Waals surface area contributed by atoms with Crippen molar-refractivity contribution in [2.75, 3.05) is 13.6 Å². The first-order chi connectivity index (χ1) is 12.9. The Labute approximate surface area is 162 Å². The van der Waals surface area contributed by atoms with Crippen LogP contribution >= 0.6 is 0 Å². The molecule has 0 aliphatic heterocycles. The minimum atomic E-state index is -4.43. The van der Waals surface area contributed by atoms with Crippen LogP contribution in [0.2, 0.25) is 0 Å². The van der Waals surface area contributed by atoms with E-state index < -0.39 is 18.6 Å². The molecule has 0 unspecified atom stereocenters. The molecule has 0 saturated heterocycles. The predicted octanol–water partition coefficient (Wildman–Crippen LogP) is 3.85. The molecule has 2 rings (SSSR count). The highest BCUT2D eigenvalue weighted by Crippen LogP contribution is 2.24. The fourth-order valence-electron chi connectivity index (χ4n) is 2.37. The zero-order chi connectivity index (χ0) is 21.1. The Morgan fingerprint density at radius 1 is 1.21 bits per heavy atom. The van der Waals surface area contributed by atoms with Crippen LogP contribution in [0.5, 0.6) is 0 Å². The van der Waals surface area contributed by atoms with Crippen molar-refractivity contribution >= 4 is 5.91 Å². The highest BCUT2D eigenvalue weighted by atomic mass is 19.4. The number of amides is 1. The van der Waals surface area contributed by atoms with Gasteiger partial charge in [0.25, 0.3) is 5.91 Å². The smallest absolute Gasteiger partial charge is 0.343 e. The maximum atomic E-state index is 12.2. The molecule has 0 aliphatic rings. The molecule has 1 heterocycles. The number of alkyl halides is 3. The summed E-state index contributed by atoms with van der Waals surface area (Å²) in [6.07, 6.45) is -4.43. The van der Waals surface area contributed by atoms with Crippen LogP contribution in [0.3, 0.4) is 0 Å². The number of aromatic nitrogens is 2. The number of carbonyl (C=O) groups excluding carboxylic acids is 1. The molecular formula is C19H25F3N4O2. The molecule has 9 heteroatoms. The van der Waals surface area contributed by atoms with Gasteiger partial charge in [-0.1, -0.05) is 38.1 Å². The second kappa shape index (κ2) is 8.30. The van der Waals surface area contributed by atoms with Crippen LogP contribution in [0.1, 0.15) is 61.4 Å². The molecule has 1 aromatic heterocycles. The van der Waals surface area contributed by atoms with Gasteiger partial charge < -0.3 is 9.84 Å². The van der Waals surface area contributed by atoms with Crippen LogP contribution in [0.25, 0.3) is 0 Å². The van der Waals surface area contributed by atoms with Crippen molar-refractivity contribution in [3.05, 3.63) is 47.1 Å². The fourth-order valence-corrected chi connectivity index (χ4v) is 2.37. The van der Waals surface area contributed by atoms with E-state index in [2.05, 4.69) is 10.1 Å². The quantitative estimate of drug-likeness (QED) is 0.800. The lowest BCUT2D eigenvalue weighted by Gasteiger charge is -2.21. The molecule has 1 N–H and O–H groups in total. The first kappa shape index (κ1) is 21.9. The number of nitrogens with zero attached hydrogens (tertiary/aromatic N) is 3. The van der Waals surface area contributed by atoms with E-state index in [4.69, 9.17) is 4.52 Å². The van der Waals surface area contributed by atoms with E-state index in [-0.39, 0.29) is 17.0 Å². The van der Waals surface area contributed by atoms with E-state index in [1.54, 1.807) is 12.1 Å². The second-order valence-corrected chi connectivity index (χ2v) is 7.79. The molecule has 0 spiro atoms. The summed E-state index contributed by atoms with van der Waals surface area (Å²) in [4.78, 5) is 18.2. The molecule has 154 valence electrons. The van der Waals surface area contributed by atoms with Crippen LogP contribution in [-0.2, 0) is 12.0 Å². The highest BCUT2D eigenvalue weighted by Gasteiger charge is 2.28. The standard InChI is InChI=1S/C19H25F3N4O2/c1-12(16-24-17(25-28-16)18(2,3)4)26(5)10-13-6-8-14(9-7-13)15(27)23-11-19(20,21)22/h6-9,12H,10-11H2,1-5H3,(H,23,27)/t12-/m1/s1. The summed E-state index contributed by atoms with van der Waals surface area (Å²) >= 11 is 0. The average Bonchev–Trinajstić information content (AvgIpc) is 3.09. The minimum Gasteiger partial charge on any atom is -0.343 e. The summed E-state index contributed by atoms with van der Waals surface area (Å²) in [5.41, 5.74) is 0.871. The molecule has 1 amide bonds. The zero-order valence-corrected chi connectivity index (χ0v) is 16.6. The second-order valence-electron chi connectivity index (χ2n) is 7.79. The van der Waals surface area contributed by atoms with Gasteiger partial charge in [0, 0.05) is 17.5 Å². The molecular weight excluding hydrogens is 373 g/mol. The highest BCUT2D eigenvalue weighted by molar-refractivity contribution is 5.94. The van der Waals surface area contributed by atoms with Gasteiger partial charge in [0.05, 0.1) is 6.04 Å². The summed E-state index contributed by atoms with van der Waals surface area (Å²) < 4.78 is 41.9. The predicted molar refractivity (Wildman–Crippen MR) is 97.7 cm³/mol. The third-order valence-corrected chi connectivity index (χ3v) is 4.23. The van der Waals surface area contributed by atoms with Gasteiger partial charge in [0.15, 0.2) is 5.82 Å². The molecule has 0 bridgehead atoms. The molecule has 28 heavy (non-hydrogen) atoms. The van der Waals surface area contributed by atoms with Crippen molar-refractivity contribution < 1.29 is 22.5 Å². The Balaban J connectivity index is 1.97. The Hall–Kier alpha value is -2.42. The Morgan fingerprint density at radius 2 is 1.82 bits per heavy atom. The number of hydrogen-bond donors (Lipinski definition) is 1. The van der Waals surface area contributed by atoms with Gasteiger partial charge in [0.2, 0.25) is 5.89 Å². The average molecular weight is 398 g/mol. The SMILES string of the molecule is C[C@H](c1nc(C(C)(C)C)no1)N(C)Cc1ccc(C(=O)NCC(F)(F)F)cc1. The number of nitrogens with one attached hydrogen (secondary N) is 1. The lowest BCUT2D eigenvalue weighted by atomic mass is 9.96. The first-order valence-corrected chi connectivity index (χ1v) is 8.85. The minimum absolute atomic E-state index is 0.127. The number of benzene rings is 1. The molecule has 6 nitrogen and oxygen atoms in total. The topological polar surface area (TPSA) is 71.3 Å². The van der Waals surface area contributed by atoms with Gasteiger partial charge in [-0.05, 0) is 31.7 Å². The van der Waals surface area contributed by atoms with E-state index in [1.165, 1.54) is 12.1 Å². The maximum Gasteiger partial charge on any atom is 0.405 e. The monoisotopic (exact) mass is 398 g/mol. The zero-order valence-electron chi connectivity index (χ0n) is 16.6. The van der Waals surface area contributed by atoms with Crippen molar-refractivity contribution in [2.45, 2.75) is 51.9 Å². The van der Waals surface area contributed by atoms with E-state index >= 15 is 0 Å². The lowest BCUT2D eigenvalue weighted by Crippen LogP contribution is -2.33. The Kier molecular flexibility index (Phi) is 6.48. The van der Waals surface area contributed by atoms with E-state index in [0.29, 0.717) is 18.3 Å². The van der Waals surface area contributed by atoms with Crippen LogP contribution in [0.15, 0.2) is 28.8 Å². The van der Waals surface area contributed by atoms with Crippen LogP contribution in [0, 0.1) is 0 Å². The van der Waals surface area contributed by atoms with Crippen LogP contribution in [-0.4, -0.2) is 40.7 Å². The van der Waals surface area contributed by atoms with Gasteiger partial charge in [-0.2, -0.15) is 18.2 Å². The number of halogens is 3. The molecule has 1 aromatic carbocycles. The summed E-state index contributed by atoms with van der Waals surface area (Å²) in [6.45, 7) is 7.14. The largest absolute Gasteiger partial charge is 0.405 e. The summed E-state index contributed by atoms with van der Waals surface area (Å²) in [6, 6.07) is 6.30. The fraction of sp³-hybridized carbons (Fsp3) is 0.526. The normalized spacial score (nSPS) is 13.6. The summed E-state index contributed by atoms with van der Waals surface area (Å²) in [5, 5.41) is 5.88. The molecule has 1 atom stereocenters. The van der Waals surface area contributed by atoms with E-state index in [0.717, 1.165) is 5.56 Å². The molecule has 0 aliphatic carbocycles. The molecule has 2 aromatic rings. The number of carbonyl (C=O) groups is 1. The van der Waals surface area contributed by atoms with Gasteiger partial charge in [-0.25, -0.2) is 0 Å². The Morgan fingerprint density at radius 3 is 2.32 bits per heavy atom. The van der Waals surface area contributed by atoms with Crippen LogP contribution < -0.4 is 5.32 Å². The van der Waals surface area contributed by atoms with Gasteiger partial charge in [-0.15, -0.1) is 0 Å². The van der Waals surface area contributed by atoms with Crippen molar-refractivity contribution in [1.29, 1.82) is 0 Å². The molecule has 0 radical (unpaired) electrons. The van der Waals surface area contributed by atoms with Gasteiger partial charge in [0.1, 0.15) is 6.54 Å². The Bertz CT molecular complexity index is 795. The van der Waals surface area contributed by atoms with Crippen LogP contribution in [0.4, 0.5) is 13.2 Å². The molecule has 0 fully saturated rings. The van der Waals surface area contributed by atoms with Gasteiger partial charge in [-0.3, -0.25) is 9.69 Å². The summed E-state index contributed by atoms with van der Waals surface area (Å²) in [5.74, 6) is 0.388. The van der Waals surface area contributed by atoms with E-state index in [9.17, 15) is 18.0 Å². The molecule has 0 saturated carbocycles. The number of hydrogen-bond acceptors (Lipinski definition) is 5. The van der Waals surface area contributed by atoms with E-state index in [1.807, 2.05) is 45.0 Å². The summed E-state index contributed by atoms with van der Waals surface area (Å²) in [7, 11) is 1.90. The van der Waals surface area contributed by atoms with Crippen molar-refractivity contribution in [2.24, 2.45) is 0 Å². The van der Waals surface area contributed by atoms with Crippen molar-refractivity contribution in [3.63, 3.8) is 0 Å². The van der Waals surface area contributed by atoms with Crippen molar-refractivity contribution in [3.8, 4) is 0 Å².